The minimum Gasteiger partial charge on any atom is -0.505 e. The minimum absolute atomic E-state index is 0.131. The number of nitrogens with one attached hydrogen (secondary N) is 1. The number of alkyl halides is 3. The number of hydrogen-bond donors (Lipinski definition) is 2. The predicted molar refractivity (Wildman–Crippen MR) is 76.1 cm³/mol. The summed E-state index contributed by atoms with van der Waals surface area (Å²) >= 11 is 0. The topological polar surface area (TPSA) is 95.4 Å². The maximum absolute atomic E-state index is 12.2. The highest BCUT2D eigenvalue weighted by atomic mass is 19.4. The number of carbonyl (C=O) groups is 2. The zero-order chi connectivity index (χ0) is 17.7. The summed E-state index contributed by atoms with van der Waals surface area (Å²) < 4.78 is 36.6. The third kappa shape index (κ3) is 5.36. The molecule has 0 aliphatic carbocycles. The van der Waals surface area contributed by atoms with E-state index in [0.29, 0.717) is 19.4 Å². The second kappa shape index (κ2) is 7.45. The molecule has 1 fully saturated rings. The zero-order valence-corrected chi connectivity index (χ0v) is 12.7. The molecule has 0 aromatic carbocycles. The van der Waals surface area contributed by atoms with Crippen molar-refractivity contribution in [3.8, 4) is 5.75 Å². The monoisotopic (exact) mass is 346 g/mol. The van der Waals surface area contributed by atoms with E-state index in [1.807, 2.05) is 0 Å². The van der Waals surface area contributed by atoms with Crippen LogP contribution in [0.4, 0.5) is 13.2 Å². The number of likely N-dealkylation sites (tertiary alicyclic amines) is 1. The Bertz CT molecular complexity index is 592. The van der Waals surface area contributed by atoms with Gasteiger partial charge in [0.05, 0.1) is 18.8 Å². The van der Waals surface area contributed by atoms with Crippen molar-refractivity contribution in [1.82, 2.24) is 20.2 Å². The van der Waals surface area contributed by atoms with Gasteiger partial charge in [0.2, 0.25) is 11.7 Å². The van der Waals surface area contributed by atoms with Crippen LogP contribution in [0.5, 0.6) is 5.75 Å². The molecule has 132 valence electrons. The first kappa shape index (κ1) is 18.0. The quantitative estimate of drug-likeness (QED) is 0.855. The van der Waals surface area contributed by atoms with Gasteiger partial charge in [-0.05, 0) is 12.8 Å². The molecule has 2 heterocycles. The van der Waals surface area contributed by atoms with Gasteiger partial charge in [0, 0.05) is 25.6 Å². The average Bonchev–Trinajstić information content (AvgIpc) is 2.52. The number of piperidine rings is 1. The van der Waals surface area contributed by atoms with E-state index in [9.17, 15) is 22.8 Å². The van der Waals surface area contributed by atoms with Crippen LogP contribution in [0.2, 0.25) is 0 Å². The maximum Gasteiger partial charge on any atom is 0.389 e. The Balaban J connectivity index is 1.87. The van der Waals surface area contributed by atoms with Crippen molar-refractivity contribution in [1.29, 1.82) is 0 Å². The molecule has 1 aromatic heterocycles. The molecule has 0 saturated carbocycles. The van der Waals surface area contributed by atoms with Crippen LogP contribution in [0.25, 0.3) is 0 Å². The molecule has 0 spiro atoms. The largest absolute Gasteiger partial charge is 0.505 e. The molecular weight excluding hydrogens is 329 g/mol. The molecule has 7 nitrogen and oxygen atoms in total. The lowest BCUT2D eigenvalue weighted by Gasteiger charge is -2.33. The van der Waals surface area contributed by atoms with E-state index < -0.39 is 30.8 Å². The van der Waals surface area contributed by atoms with Gasteiger partial charge < -0.3 is 15.3 Å². The Hall–Kier alpha value is -2.39. The number of hydrogen-bond acceptors (Lipinski definition) is 5. The van der Waals surface area contributed by atoms with E-state index in [4.69, 9.17) is 5.11 Å². The van der Waals surface area contributed by atoms with Crippen LogP contribution in [-0.2, 0) is 4.79 Å². The molecule has 1 aliphatic heterocycles. The van der Waals surface area contributed by atoms with Gasteiger partial charge in [-0.15, -0.1) is 0 Å². The highest BCUT2D eigenvalue weighted by Gasteiger charge is 2.31. The lowest BCUT2D eigenvalue weighted by atomic mass is 10.0. The first-order valence-corrected chi connectivity index (χ1v) is 7.41. The van der Waals surface area contributed by atoms with E-state index in [1.54, 1.807) is 0 Å². The van der Waals surface area contributed by atoms with Gasteiger partial charge in [0.1, 0.15) is 0 Å². The fourth-order valence-corrected chi connectivity index (χ4v) is 2.42. The average molecular weight is 346 g/mol. The molecule has 0 radical (unpaired) electrons. The summed E-state index contributed by atoms with van der Waals surface area (Å²) in [7, 11) is 0. The van der Waals surface area contributed by atoms with E-state index in [1.165, 1.54) is 4.90 Å². The first-order chi connectivity index (χ1) is 11.2. The number of aromatic hydroxyl groups is 1. The fraction of sp³-hybridized carbons (Fsp3) is 0.571. The van der Waals surface area contributed by atoms with Crippen molar-refractivity contribution in [2.45, 2.75) is 37.9 Å². The molecule has 24 heavy (non-hydrogen) atoms. The van der Waals surface area contributed by atoms with Crippen LogP contribution in [0.15, 0.2) is 12.4 Å². The molecular formula is C14H17F3N4O3. The van der Waals surface area contributed by atoms with Crippen molar-refractivity contribution in [2.75, 3.05) is 13.1 Å². The van der Waals surface area contributed by atoms with Gasteiger partial charge in [-0.3, -0.25) is 9.59 Å². The van der Waals surface area contributed by atoms with E-state index in [2.05, 4.69) is 15.3 Å². The van der Waals surface area contributed by atoms with Crippen LogP contribution in [0, 0.1) is 0 Å². The van der Waals surface area contributed by atoms with E-state index in [-0.39, 0.29) is 24.2 Å². The highest BCUT2D eigenvalue weighted by molar-refractivity contribution is 5.90. The Morgan fingerprint density at radius 2 is 2.00 bits per heavy atom. The van der Waals surface area contributed by atoms with Gasteiger partial charge in [-0.1, -0.05) is 0 Å². The molecule has 10 heteroatoms. The summed E-state index contributed by atoms with van der Waals surface area (Å²) in [6.07, 6.45) is -2.77. The Morgan fingerprint density at radius 1 is 1.33 bits per heavy atom. The van der Waals surface area contributed by atoms with Gasteiger partial charge in [-0.2, -0.15) is 13.2 Å². The molecule has 1 atom stereocenters. The van der Waals surface area contributed by atoms with Crippen molar-refractivity contribution in [2.24, 2.45) is 0 Å². The summed E-state index contributed by atoms with van der Waals surface area (Å²) in [5, 5.41) is 11.7. The molecule has 0 bridgehead atoms. The first-order valence-electron chi connectivity index (χ1n) is 7.41. The van der Waals surface area contributed by atoms with Gasteiger partial charge >= 0.3 is 6.18 Å². The smallest absolute Gasteiger partial charge is 0.389 e. The SMILES string of the molecule is O=C(N[C@@H]1CCCN(C(=O)CCC(F)(F)F)C1)c1ncc(O)cn1. The summed E-state index contributed by atoms with van der Waals surface area (Å²) in [4.78, 5) is 32.5. The molecule has 0 unspecified atom stereocenters. The molecule has 1 aromatic rings. The third-order valence-corrected chi connectivity index (χ3v) is 3.57. The molecule has 2 amide bonds. The van der Waals surface area contributed by atoms with Crippen molar-refractivity contribution >= 4 is 11.8 Å². The van der Waals surface area contributed by atoms with Crippen LogP contribution in [0.3, 0.4) is 0 Å². The Labute approximate surface area is 135 Å². The number of rotatable bonds is 4. The van der Waals surface area contributed by atoms with Crippen LogP contribution >= 0.6 is 0 Å². The van der Waals surface area contributed by atoms with Crippen LogP contribution in [-0.4, -0.2) is 57.1 Å². The summed E-state index contributed by atoms with van der Waals surface area (Å²) in [5.41, 5.74) is 0. The number of halogens is 3. The number of carbonyl (C=O) groups excluding carboxylic acids is 2. The lowest BCUT2D eigenvalue weighted by Crippen LogP contribution is -2.50. The fourth-order valence-electron chi connectivity index (χ4n) is 2.42. The zero-order valence-electron chi connectivity index (χ0n) is 12.7. The van der Waals surface area contributed by atoms with Crippen LogP contribution < -0.4 is 5.32 Å². The Morgan fingerprint density at radius 3 is 2.62 bits per heavy atom. The summed E-state index contributed by atoms with van der Waals surface area (Å²) in [5.74, 6) is -1.45. The Kier molecular flexibility index (Phi) is 5.58. The second-order valence-electron chi connectivity index (χ2n) is 5.53. The third-order valence-electron chi connectivity index (χ3n) is 3.57. The van der Waals surface area contributed by atoms with E-state index >= 15 is 0 Å². The van der Waals surface area contributed by atoms with Gasteiger partial charge in [0.15, 0.2) is 5.75 Å². The van der Waals surface area contributed by atoms with Crippen LogP contribution in [0.1, 0.15) is 36.3 Å². The van der Waals surface area contributed by atoms with Crippen molar-refractivity contribution in [3.63, 3.8) is 0 Å². The number of amides is 2. The molecule has 2 N–H and O–H groups in total. The maximum atomic E-state index is 12.2. The predicted octanol–water partition coefficient (Wildman–Crippen LogP) is 1.25. The number of nitrogens with zero attached hydrogens (tertiary/aromatic N) is 3. The lowest BCUT2D eigenvalue weighted by molar-refractivity contribution is -0.149. The molecule has 1 saturated heterocycles. The second-order valence-corrected chi connectivity index (χ2v) is 5.53. The standard InChI is InChI=1S/C14H17F3N4O3/c15-14(16,17)4-3-11(23)21-5-1-2-9(8-21)20-13(24)12-18-6-10(22)7-19-12/h6-7,9,22H,1-5,8H2,(H,20,24)/t9-/m1/s1. The summed E-state index contributed by atoms with van der Waals surface area (Å²) in [6.45, 7) is 0.527. The molecule has 2 rings (SSSR count). The normalized spacial score (nSPS) is 18.3. The van der Waals surface area contributed by atoms with Crippen molar-refractivity contribution < 1.29 is 27.9 Å². The van der Waals surface area contributed by atoms with E-state index in [0.717, 1.165) is 12.4 Å². The number of aromatic nitrogens is 2. The van der Waals surface area contributed by atoms with Gasteiger partial charge in [0.25, 0.3) is 5.91 Å². The van der Waals surface area contributed by atoms with Gasteiger partial charge in [-0.25, -0.2) is 9.97 Å². The van der Waals surface area contributed by atoms with Crippen molar-refractivity contribution in [3.05, 3.63) is 18.2 Å². The minimum atomic E-state index is -4.37. The summed E-state index contributed by atoms with van der Waals surface area (Å²) in [6, 6.07) is -0.376. The molecule has 1 aliphatic rings. The highest BCUT2D eigenvalue weighted by Crippen LogP contribution is 2.22.